The number of amides is 2. The van der Waals surface area contributed by atoms with Gasteiger partial charge >= 0.3 is 0 Å². The lowest BCUT2D eigenvalue weighted by Crippen LogP contribution is -2.28. The molecular formula is C23H21ClN4O3. The highest BCUT2D eigenvalue weighted by molar-refractivity contribution is 6.31. The standard InChI is InChI=1S/C23H21ClN4O3/c24-17-7-3-9-19(12-17)28-13-16(11-20(28)29)22(30)25-18-8-2-6-15(10-18)21-26-23(31-27-21)14-4-1-5-14/h2-3,6-10,12,14,16H,1,4-5,11,13H2,(H,25,30)/t16-/m1/s1. The largest absolute Gasteiger partial charge is 0.339 e. The highest BCUT2D eigenvalue weighted by atomic mass is 35.5. The third-order valence-electron chi connectivity index (χ3n) is 5.90. The summed E-state index contributed by atoms with van der Waals surface area (Å²) in [6, 6.07) is 14.4. The van der Waals surface area contributed by atoms with E-state index in [1.807, 2.05) is 24.3 Å². The first-order valence-electron chi connectivity index (χ1n) is 10.4. The van der Waals surface area contributed by atoms with Crippen LogP contribution in [0.4, 0.5) is 11.4 Å². The van der Waals surface area contributed by atoms with Gasteiger partial charge in [0.1, 0.15) is 0 Å². The highest BCUT2D eigenvalue weighted by Gasteiger charge is 2.35. The summed E-state index contributed by atoms with van der Waals surface area (Å²) in [5, 5.41) is 7.56. The van der Waals surface area contributed by atoms with Gasteiger partial charge in [0.2, 0.25) is 23.5 Å². The molecule has 1 atom stereocenters. The summed E-state index contributed by atoms with van der Waals surface area (Å²) in [5.41, 5.74) is 2.11. The number of benzene rings is 2. The SMILES string of the molecule is O=C(Nc1cccc(-c2noc(C3CCC3)n2)c1)[C@@H]1CC(=O)N(c2cccc(Cl)c2)C1. The van der Waals surface area contributed by atoms with Crippen molar-refractivity contribution in [2.24, 2.45) is 5.92 Å². The Balaban J connectivity index is 1.27. The van der Waals surface area contributed by atoms with Gasteiger partial charge in [-0.1, -0.05) is 41.4 Å². The molecule has 2 aliphatic rings. The van der Waals surface area contributed by atoms with Crippen molar-refractivity contribution in [2.45, 2.75) is 31.6 Å². The first-order valence-corrected chi connectivity index (χ1v) is 10.8. The zero-order valence-electron chi connectivity index (χ0n) is 16.8. The molecule has 2 amide bonds. The molecule has 3 aromatic rings. The highest BCUT2D eigenvalue weighted by Crippen LogP contribution is 2.36. The second-order valence-corrected chi connectivity index (χ2v) is 8.48. The zero-order chi connectivity index (χ0) is 21.4. The normalized spacial score (nSPS) is 18.8. The van der Waals surface area contributed by atoms with Gasteiger partial charge in [-0.25, -0.2) is 0 Å². The van der Waals surface area contributed by atoms with Gasteiger partial charge in [-0.3, -0.25) is 9.59 Å². The van der Waals surface area contributed by atoms with Crippen LogP contribution in [0.5, 0.6) is 0 Å². The van der Waals surface area contributed by atoms with Gasteiger partial charge in [-0.05, 0) is 43.2 Å². The predicted octanol–water partition coefficient (Wildman–Crippen LogP) is 4.65. The molecule has 1 saturated carbocycles. The summed E-state index contributed by atoms with van der Waals surface area (Å²) in [7, 11) is 0. The number of anilines is 2. The zero-order valence-corrected chi connectivity index (χ0v) is 17.5. The topological polar surface area (TPSA) is 88.3 Å². The molecule has 7 nitrogen and oxygen atoms in total. The van der Waals surface area contributed by atoms with E-state index in [9.17, 15) is 9.59 Å². The molecule has 0 bridgehead atoms. The van der Waals surface area contributed by atoms with Crippen LogP contribution >= 0.6 is 11.6 Å². The van der Waals surface area contributed by atoms with E-state index in [0.717, 1.165) is 18.4 Å². The summed E-state index contributed by atoms with van der Waals surface area (Å²) in [4.78, 5) is 31.4. The monoisotopic (exact) mass is 436 g/mol. The summed E-state index contributed by atoms with van der Waals surface area (Å²) in [6.07, 6.45) is 3.53. The number of aromatic nitrogens is 2. The second kappa shape index (κ2) is 8.15. The van der Waals surface area contributed by atoms with E-state index >= 15 is 0 Å². The van der Waals surface area contributed by atoms with Crippen molar-refractivity contribution in [3.8, 4) is 11.4 Å². The lowest BCUT2D eigenvalue weighted by atomic mass is 9.85. The Labute approximate surface area is 184 Å². The second-order valence-electron chi connectivity index (χ2n) is 8.04. The van der Waals surface area contributed by atoms with E-state index in [2.05, 4.69) is 15.5 Å². The Morgan fingerprint density at radius 2 is 2.00 bits per heavy atom. The quantitative estimate of drug-likeness (QED) is 0.629. The maximum Gasteiger partial charge on any atom is 0.230 e. The fourth-order valence-electron chi connectivity index (χ4n) is 3.93. The van der Waals surface area contributed by atoms with Crippen LogP contribution in [0.1, 0.15) is 37.5 Å². The molecular weight excluding hydrogens is 416 g/mol. The molecule has 2 fully saturated rings. The van der Waals surface area contributed by atoms with E-state index in [0.29, 0.717) is 40.6 Å². The van der Waals surface area contributed by atoms with Crippen molar-refractivity contribution in [3.63, 3.8) is 0 Å². The maximum atomic E-state index is 12.8. The molecule has 1 aliphatic heterocycles. The number of halogens is 1. The lowest BCUT2D eigenvalue weighted by Gasteiger charge is -2.20. The minimum Gasteiger partial charge on any atom is -0.339 e. The Kier molecular flexibility index (Phi) is 5.19. The summed E-state index contributed by atoms with van der Waals surface area (Å²) in [5.74, 6) is 0.837. The van der Waals surface area contributed by atoms with Gasteiger partial charge in [0.25, 0.3) is 0 Å². The maximum absolute atomic E-state index is 12.8. The minimum atomic E-state index is -0.439. The van der Waals surface area contributed by atoms with Crippen molar-refractivity contribution in [3.05, 3.63) is 59.4 Å². The molecule has 31 heavy (non-hydrogen) atoms. The van der Waals surface area contributed by atoms with Crippen molar-refractivity contribution in [1.82, 2.24) is 10.1 Å². The molecule has 2 aromatic carbocycles. The molecule has 5 rings (SSSR count). The van der Waals surface area contributed by atoms with Gasteiger partial charge in [-0.2, -0.15) is 4.98 Å². The van der Waals surface area contributed by atoms with E-state index < -0.39 is 5.92 Å². The third-order valence-corrected chi connectivity index (χ3v) is 6.14. The molecule has 1 saturated heterocycles. The van der Waals surface area contributed by atoms with Gasteiger partial charge in [0, 0.05) is 40.8 Å². The van der Waals surface area contributed by atoms with Gasteiger partial charge in [-0.15, -0.1) is 0 Å². The number of carbonyl (C=O) groups is 2. The van der Waals surface area contributed by atoms with Crippen molar-refractivity contribution < 1.29 is 14.1 Å². The smallest absolute Gasteiger partial charge is 0.230 e. The molecule has 2 heterocycles. The average molecular weight is 437 g/mol. The summed E-state index contributed by atoms with van der Waals surface area (Å²) >= 11 is 6.04. The molecule has 8 heteroatoms. The fourth-order valence-corrected chi connectivity index (χ4v) is 4.12. The van der Waals surface area contributed by atoms with Crippen LogP contribution in [-0.2, 0) is 9.59 Å². The Hall–Kier alpha value is -3.19. The van der Waals surface area contributed by atoms with Crippen LogP contribution in [0, 0.1) is 5.92 Å². The van der Waals surface area contributed by atoms with Gasteiger partial charge < -0.3 is 14.7 Å². The van der Waals surface area contributed by atoms with E-state index in [1.165, 1.54) is 6.42 Å². The van der Waals surface area contributed by atoms with Crippen molar-refractivity contribution in [2.75, 3.05) is 16.8 Å². The van der Waals surface area contributed by atoms with E-state index in [4.69, 9.17) is 16.1 Å². The van der Waals surface area contributed by atoms with Gasteiger partial charge in [0.05, 0.1) is 5.92 Å². The Morgan fingerprint density at radius 3 is 2.77 bits per heavy atom. The lowest BCUT2D eigenvalue weighted by molar-refractivity contribution is -0.122. The fraction of sp³-hybridized carbons (Fsp3) is 0.304. The molecule has 0 spiro atoms. The summed E-state index contributed by atoms with van der Waals surface area (Å²) in [6.45, 7) is 0.320. The number of nitrogens with one attached hydrogen (secondary N) is 1. The van der Waals surface area contributed by atoms with Crippen LogP contribution in [0.3, 0.4) is 0 Å². The summed E-state index contributed by atoms with van der Waals surface area (Å²) < 4.78 is 5.40. The number of hydrogen-bond donors (Lipinski definition) is 1. The number of carbonyl (C=O) groups excluding carboxylic acids is 2. The molecule has 0 radical (unpaired) electrons. The Morgan fingerprint density at radius 1 is 1.16 bits per heavy atom. The van der Waals surface area contributed by atoms with Gasteiger partial charge in [0.15, 0.2) is 0 Å². The number of nitrogens with zero attached hydrogens (tertiary/aromatic N) is 3. The van der Waals surface area contributed by atoms with E-state index in [-0.39, 0.29) is 18.2 Å². The van der Waals surface area contributed by atoms with Crippen LogP contribution in [0.2, 0.25) is 5.02 Å². The molecule has 1 N–H and O–H groups in total. The minimum absolute atomic E-state index is 0.0912. The number of rotatable bonds is 5. The molecule has 0 unspecified atom stereocenters. The average Bonchev–Trinajstić information content (AvgIpc) is 3.34. The van der Waals surface area contributed by atoms with Crippen LogP contribution in [-0.4, -0.2) is 28.5 Å². The number of hydrogen-bond acceptors (Lipinski definition) is 5. The van der Waals surface area contributed by atoms with E-state index in [1.54, 1.807) is 29.2 Å². The van der Waals surface area contributed by atoms with Crippen LogP contribution < -0.4 is 10.2 Å². The molecule has 1 aliphatic carbocycles. The van der Waals surface area contributed by atoms with Crippen molar-refractivity contribution in [1.29, 1.82) is 0 Å². The van der Waals surface area contributed by atoms with Crippen LogP contribution in [0.15, 0.2) is 53.1 Å². The third kappa shape index (κ3) is 4.05. The first kappa shape index (κ1) is 19.8. The molecule has 158 valence electrons. The Bertz CT molecular complexity index is 1140. The van der Waals surface area contributed by atoms with Crippen LogP contribution in [0.25, 0.3) is 11.4 Å². The first-order chi connectivity index (χ1) is 15.1. The van der Waals surface area contributed by atoms with Crippen molar-refractivity contribution >= 4 is 34.8 Å². The molecule has 1 aromatic heterocycles. The predicted molar refractivity (Wildman–Crippen MR) is 117 cm³/mol.